The van der Waals surface area contributed by atoms with E-state index in [1.807, 2.05) is 0 Å². The van der Waals surface area contributed by atoms with Crippen LogP contribution in [0.1, 0.15) is 10.4 Å². The molecule has 2 rings (SSSR count). The van der Waals surface area contributed by atoms with Gasteiger partial charge in [0.2, 0.25) is 0 Å². The number of rotatable bonds is 4. The molecule has 2 aromatic rings. The molecule has 0 bridgehead atoms. The molecule has 0 N–H and O–H groups in total. The molecule has 1 aromatic heterocycles. The van der Waals surface area contributed by atoms with E-state index in [-0.39, 0.29) is 16.8 Å². The van der Waals surface area contributed by atoms with Gasteiger partial charge >= 0.3 is 5.97 Å². The van der Waals surface area contributed by atoms with Crippen LogP contribution < -0.4 is 4.74 Å². The third kappa shape index (κ3) is 2.81. The minimum Gasteiger partial charge on any atom is -0.494 e. The number of ether oxygens (including phenoxy) is 2. The lowest BCUT2D eigenvalue weighted by Gasteiger charge is -2.08. The van der Waals surface area contributed by atoms with Crippen molar-refractivity contribution in [2.24, 2.45) is 0 Å². The molecule has 1 heterocycles. The molecule has 0 atom stereocenters. The zero-order chi connectivity index (χ0) is 15.4. The van der Waals surface area contributed by atoms with Gasteiger partial charge < -0.3 is 9.47 Å². The maximum atomic E-state index is 11.5. The fourth-order valence-electron chi connectivity index (χ4n) is 1.89. The van der Waals surface area contributed by atoms with Gasteiger partial charge in [0.1, 0.15) is 11.4 Å². The zero-order valence-corrected chi connectivity index (χ0v) is 11.4. The lowest BCUT2D eigenvalue weighted by Crippen LogP contribution is -2.03. The van der Waals surface area contributed by atoms with Crippen molar-refractivity contribution in [2.75, 3.05) is 14.2 Å². The molecule has 7 heteroatoms. The van der Waals surface area contributed by atoms with E-state index >= 15 is 0 Å². The molecule has 0 amide bonds. The summed E-state index contributed by atoms with van der Waals surface area (Å²) >= 11 is 0. The standard InChI is InChI=1S/C14H12N2O5/c1-20-12-4-3-7-15-13(12)10-6-5-9(14(17)21-2)8-11(10)16(18)19/h3-8H,1-2H3. The molecular formula is C14H12N2O5. The zero-order valence-electron chi connectivity index (χ0n) is 11.4. The van der Waals surface area contributed by atoms with Crippen LogP contribution in [0.25, 0.3) is 11.3 Å². The first-order chi connectivity index (χ1) is 10.1. The van der Waals surface area contributed by atoms with Gasteiger partial charge in [0.15, 0.2) is 0 Å². The molecule has 0 spiro atoms. The molecule has 0 aliphatic carbocycles. The van der Waals surface area contributed by atoms with Crippen molar-refractivity contribution < 1.29 is 19.2 Å². The van der Waals surface area contributed by atoms with Crippen LogP contribution in [0.2, 0.25) is 0 Å². The molecule has 0 fully saturated rings. The predicted octanol–water partition coefficient (Wildman–Crippen LogP) is 2.45. The van der Waals surface area contributed by atoms with E-state index in [1.165, 1.54) is 32.5 Å². The number of methoxy groups -OCH3 is 2. The Balaban J connectivity index is 2.63. The highest BCUT2D eigenvalue weighted by Crippen LogP contribution is 2.34. The van der Waals surface area contributed by atoms with Crippen molar-refractivity contribution in [3.8, 4) is 17.0 Å². The van der Waals surface area contributed by atoms with E-state index in [0.717, 1.165) is 6.07 Å². The van der Waals surface area contributed by atoms with Gasteiger partial charge in [-0.2, -0.15) is 0 Å². The Morgan fingerprint density at radius 2 is 2.05 bits per heavy atom. The summed E-state index contributed by atoms with van der Waals surface area (Å²) in [6.45, 7) is 0. The smallest absolute Gasteiger partial charge is 0.338 e. The average Bonchev–Trinajstić information content (AvgIpc) is 2.53. The van der Waals surface area contributed by atoms with E-state index in [2.05, 4.69) is 9.72 Å². The van der Waals surface area contributed by atoms with Crippen molar-refractivity contribution in [3.05, 3.63) is 52.2 Å². The maximum absolute atomic E-state index is 11.5. The van der Waals surface area contributed by atoms with Crippen LogP contribution in [0.15, 0.2) is 36.5 Å². The van der Waals surface area contributed by atoms with Gasteiger partial charge in [0, 0.05) is 12.3 Å². The van der Waals surface area contributed by atoms with Gasteiger partial charge in [0.25, 0.3) is 5.69 Å². The number of benzene rings is 1. The largest absolute Gasteiger partial charge is 0.494 e. The third-order valence-electron chi connectivity index (χ3n) is 2.86. The number of esters is 1. The van der Waals surface area contributed by atoms with Crippen LogP contribution in [0.4, 0.5) is 5.69 Å². The van der Waals surface area contributed by atoms with Crippen LogP contribution in [0.5, 0.6) is 5.75 Å². The molecule has 0 saturated heterocycles. The van der Waals surface area contributed by atoms with Crippen molar-refractivity contribution in [1.82, 2.24) is 4.98 Å². The van der Waals surface area contributed by atoms with Crippen molar-refractivity contribution in [1.29, 1.82) is 0 Å². The Bertz CT molecular complexity index is 700. The number of carbonyl (C=O) groups excluding carboxylic acids is 1. The number of nitro groups is 1. The predicted molar refractivity (Wildman–Crippen MR) is 74.2 cm³/mol. The van der Waals surface area contributed by atoms with E-state index in [0.29, 0.717) is 11.4 Å². The lowest BCUT2D eigenvalue weighted by atomic mass is 10.0. The van der Waals surface area contributed by atoms with E-state index < -0.39 is 10.9 Å². The number of hydrogen-bond acceptors (Lipinski definition) is 6. The van der Waals surface area contributed by atoms with Crippen LogP contribution in [-0.2, 0) is 4.74 Å². The molecule has 1 aromatic carbocycles. The Kier molecular flexibility index (Phi) is 4.13. The quantitative estimate of drug-likeness (QED) is 0.487. The number of nitro benzene ring substituents is 1. The molecule has 0 aliphatic heterocycles. The molecule has 0 radical (unpaired) electrons. The SMILES string of the molecule is COC(=O)c1ccc(-c2ncccc2OC)c([N+](=O)[O-])c1. The van der Waals surface area contributed by atoms with Crippen LogP contribution in [0.3, 0.4) is 0 Å². The van der Waals surface area contributed by atoms with Gasteiger partial charge in [0.05, 0.1) is 30.3 Å². The Morgan fingerprint density at radius 3 is 2.67 bits per heavy atom. The molecule has 0 unspecified atom stereocenters. The number of aromatic nitrogens is 1. The summed E-state index contributed by atoms with van der Waals surface area (Å²) in [4.78, 5) is 26.3. The Hall–Kier alpha value is -2.96. The summed E-state index contributed by atoms with van der Waals surface area (Å²) in [6, 6.07) is 7.38. The fraction of sp³-hybridized carbons (Fsp3) is 0.143. The molecule has 0 saturated carbocycles. The van der Waals surface area contributed by atoms with Gasteiger partial charge in [-0.25, -0.2) is 4.79 Å². The minimum atomic E-state index is -0.641. The summed E-state index contributed by atoms with van der Waals surface area (Å²) < 4.78 is 9.72. The van der Waals surface area contributed by atoms with E-state index in [4.69, 9.17) is 4.74 Å². The fourth-order valence-corrected chi connectivity index (χ4v) is 1.89. The maximum Gasteiger partial charge on any atom is 0.338 e. The summed E-state index contributed by atoms with van der Waals surface area (Å²) in [5.74, 6) is -0.232. The molecule has 0 aliphatic rings. The topological polar surface area (TPSA) is 91.6 Å². The number of pyridine rings is 1. The highest BCUT2D eigenvalue weighted by Gasteiger charge is 2.22. The van der Waals surface area contributed by atoms with E-state index in [1.54, 1.807) is 12.1 Å². The molecule has 7 nitrogen and oxygen atoms in total. The van der Waals surface area contributed by atoms with Gasteiger partial charge in [-0.15, -0.1) is 0 Å². The highest BCUT2D eigenvalue weighted by molar-refractivity contribution is 5.92. The van der Waals surface area contributed by atoms with Gasteiger partial charge in [-0.1, -0.05) is 0 Å². The second-order valence-electron chi connectivity index (χ2n) is 4.03. The number of hydrogen-bond donors (Lipinski definition) is 0. The van der Waals surface area contributed by atoms with Crippen LogP contribution in [0, 0.1) is 10.1 Å². The van der Waals surface area contributed by atoms with Gasteiger partial charge in [-0.3, -0.25) is 15.1 Å². The van der Waals surface area contributed by atoms with Crippen molar-refractivity contribution in [2.45, 2.75) is 0 Å². The molecular weight excluding hydrogens is 276 g/mol. The van der Waals surface area contributed by atoms with Crippen molar-refractivity contribution >= 4 is 11.7 Å². The summed E-state index contributed by atoms with van der Waals surface area (Å²) in [5.41, 5.74) is 0.464. The Morgan fingerprint density at radius 1 is 1.29 bits per heavy atom. The first-order valence-corrected chi connectivity index (χ1v) is 5.94. The second kappa shape index (κ2) is 6.00. The molecule has 108 valence electrons. The summed E-state index contributed by atoms with van der Waals surface area (Å²) in [5, 5.41) is 11.2. The van der Waals surface area contributed by atoms with Crippen molar-refractivity contribution in [3.63, 3.8) is 0 Å². The highest BCUT2D eigenvalue weighted by atomic mass is 16.6. The first-order valence-electron chi connectivity index (χ1n) is 5.94. The van der Waals surface area contributed by atoms with Crippen LogP contribution >= 0.6 is 0 Å². The Labute approximate surface area is 120 Å². The van der Waals surface area contributed by atoms with Gasteiger partial charge in [-0.05, 0) is 24.3 Å². The number of nitrogens with zero attached hydrogens (tertiary/aromatic N) is 2. The van der Waals surface area contributed by atoms with E-state index in [9.17, 15) is 14.9 Å². The lowest BCUT2D eigenvalue weighted by molar-refractivity contribution is -0.384. The normalized spacial score (nSPS) is 10.0. The molecule has 21 heavy (non-hydrogen) atoms. The number of carbonyl (C=O) groups is 1. The first kappa shape index (κ1) is 14.4. The summed E-state index contributed by atoms with van der Waals surface area (Å²) in [6.07, 6.45) is 1.51. The minimum absolute atomic E-state index is 0.0999. The van der Waals surface area contributed by atoms with Crippen LogP contribution in [-0.4, -0.2) is 30.1 Å². The monoisotopic (exact) mass is 288 g/mol. The second-order valence-corrected chi connectivity index (χ2v) is 4.03. The third-order valence-corrected chi connectivity index (χ3v) is 2.86. The average molecular weight is 288 g/mol. The summed E-state index contributed by atoms with van der Waals surface area (Å²) in [7, 11) is 2.67.